The molecule has 2 nitrogen and oxygen atoms in total. The zero-order chi connectivity index (χ0) is 14.8. The summed E-state index contributed by atoms with van der Waals surface area (Å²) in [7, 11) is 0. The second kappa shape index (κ2) is 6.57. The summed E-state index contributed by atoms with van der Waals surface area (Å²) in [4.78, 5) is 5.57. The van der Waals surface area contributed by atoms with Gasteiger partial charge in [-0.25, -0.2) is 0 Å². The Balaban J connectivity index is 2.15. The Morgan fingerprint density at radius 2 is 2.14 bits per heavy atom. The maximum atomic E-state index is 4.29. The van der Waals surface area contributed by atoms with E-state index in [2.05, 4.69) is 79.4 Å². The van der Waals surface area contributed by atoms with E-state index in [1.165, 1.54) is 21.2 Å². The molecule has 21 heavy (non-hydrogen) atoms. The van der Waals surface area contributed by atoms with E-state index in [1.54, 1.807) is 11.3 Å². The summed E-state index contributed by atoms with van der Waals surface area (Å²) in [6.07, 6.45) is 3.79. The van der Waals surface area contributed by atoms with E-state index in [4.69, 9.17) is 0 Å². The molecule has 0 aliphatic rings. The summed E-state index contributed by atoms with van der Waals surface area (Å²) in [6.45, 7) is 3.04. The Labute approximate surface area is 144 Å². The van der Waals surface area contributed by atoms with Gasteiger partial charge in [-0.3, -0.25) is 4.98 Å². The lowest BCUT2D eigenvalue weighted by Gasteiger charge is -2.18. The van der Waals surface area contributed by atoms with Crippen LogP contribution in [0.3, 0.4) is 0 Å². The third-order valence-electron chi connectivity index (χ3n) is 3.39. The van der Waals surface area contributed by atoms with E-state index in [0.717, 1.165) is 14.8 Å². The lowest BCUT2D eigenvalue weighted by atomic mass is 9.99. The molecular weight excluding hydrogens is 412 g/mol. The Kier molecular flexibility index (Phi) is 4.74. The van der Waals surface area contributed by atoms with E-state index in [1.807, 2.05) is 12.4 Å². The molecule has 0 saturated carbocycles. The van der Waals surface area contributed by atoms with Crippen LogP contribution in [0, 0.1) is 0 Å². The maximum absolute atomic E-state index is 4.29. The molecule has 3 aromatic rings. The SMILES string of the molecule is CCNC(c1cc(Br)c(Br)s1)c1cccc2ccncc12. The lowest BCUT2D eigenvalue weighted by Crippen LogP contribution is -2.21. The lowest BCUT2D eigenvalue weighted by molar-refractivity contribution is 0.643. The summed E-state index contributed by atoms with van der Waals surface area (Å²) in [6, 6.07) is 10.8. The second-order valence-corrected chi connectivity index (χ2v) is 7.96. The average Bonchev–Trinajstić information content (AvgIpc) is 2.84. The van der Waals surface area contributed by atoms with Crippen molar-refractivity contribution in [3.05, 3.63) is 61.4 Å². The van der Waals surface area contributed by atoms with Gasteiger partial charge in [-0.2, -0.15) is 0 Å². The van der Waals surface area contributed by atoms with Crippen LogP contribution in [0.1, 0.15) is 23.4 Å². The number of nitrogens with one attached hydrogen (secondary N) is 1. The first kappa shape index (κ1) is 15.2. The zero-order valence-electron chi connectivity index (χ0n) is 11.4. The van der Waals surface area contributed by atoms with Crippen LogP contribution in [0.15, 0.2) is 51.0 Å². The van der Waals surface area contributed by atoms with Crippen LogP contribution in [-0.4, -0.2) is 11.5 Å². The summed E-state index contributed by atoms with van der Waals surface area (Å²) >= 11 is 8.92. The van der Waals surface area contributed by atoms with Crippen molar-refractivity contribution in [3.63, 3.8) is 0 Å². The van der Waals surface area contributed by atoms with Gasteiger partial charge in [0.2, 0.25) is 0 Å². The normalized spacial score (nSPS) is 12.7. The second-order valence-electron chi connectivity index (χ2n) is 4.71. The fourth-order valence-corrected chi connectivity index (χ4v) is 4.65. The minimum atomic E-state index is 0.176. The number of pyridine rings is 1. The molecule has 0 spiro atoms. The van der Waals surface area contributed by atoms with Crippen molar-refractivity contribution < 1.29 is 0 Å². The van der Waals surface area contributed by atoms with E-state index < -0.39 is 0 Å². The highest BCUT2D eigenvalue weighted by Crippen LogP contribution is 2.39. The van der Waals surface area contributed by atoms with Gasteiger partial charge in [0.1, 0.15) is 0 Å². The van der Waals surface area contributed by atoms with Gasteiger partial charge in [-0.1, -0.05) is 25.1 Å². The van der Waals surface area contributed by atoms with Crippen LogP contribution in [0.2, 0.25) is 0 Å². The van der Waals surface area contributed by atoms with E-state index >= 15 is 0 Å². The Hall–Kier alpha value is -0.750. The smallest absolute Gasteiger partial charge is 0.0843 e. The first-order valence-corrected chi connectivity index (χ1v) is 9.11. The molecule has 5 heteroatoms. The maximum Gasteiger partial charge on any atom is 0.0843 e. The van der Waals surface area contributed by atoms with Crippen LogP contribution in [-0.2, 0) is 0 Å². The number of nitrogens with zero attached hydrogens (tertiary/aromatic N) is 1. The van der Waals surface area contributed by atoms with Crippen LogP contribution in [0.4, 0.5) is 0 Å². The predicted molar refractivity (Wildman–Crippen MR) is 97.0 cm³/mol. The van der Waals surface area contributed by atoms with Crippen LogP contribution >= 0.6 is 43.2 Å². The molecule has 3 rings (SSSR count). The summed E-state index contributed by atoms with van der Waals surface area (Å²) in [5.74, 6) is 0. The molecule has 1 N–H and O–H groups in total. The van der Waals surface area contributed by atoms with Gasteiger partial charge in [-0.05, 0) is 61.5 Å². The third-order valence-corrected chi connectivity index (χ3v) is 6.71. The molecule has 108 valence electrons. The van der Waals surface area contributed by atoms with Crippen molar-refractivity contribution in [3.8, 4) is 0 Å². The number of thiophene rings is 1. The van der Waals surface area contributed by atoms with Crippen LogP contribution in [0.25, 0.3) is 10.8 Å². The quantitative estimate of drug-likeness (QED) is 0.595. The first-order chi connectivity index (χ1) is 10.2. The Morgan fingerprint density at radius 1 is 1.29 bits per heavy atom. The standard InChI is InChI=1S/C16H14Br2N2S/c1-2-20-15(14-8-13(17)16(18)21-14)11-5-3-4-10-6-7-19-9-12(10)11/h3-9,15,20H,2H2,1H3. The molecule has 0 aliphatic heterocycles. The van der Waals surface area contributed by atoms with Crippen molar-refractivity contribution in [2.24, 2.45) is 0 Å². The number of aromatic nitrogens is 1. The molecule has 0 aliphatic carbocycles. The first-order valence-electron chi connectivity index (χ1n) is 6.71. The number of fused-ring (bicyclic) bond motifs is 1. The number of hydrogen-bond donors (Lipinski definition) is 1. The van der Waals surface area contributed by atoms with E-state index in [9.17, 15) is 0 Å². The van der Waals surface area contributed by atoms with Gasteiger partial charge < -0.3 is 5.32 Å². The average molecular weight is 426 g/mol. The third kappa shape index (κ3) is 3.06. The molecule has 2 heterocycles. The highest BCUT2D eigenvalue weighted by atomic mass is 79.9. The number of benzene rings is 1. The van der Waals surface area contributed by atoms with Gasteiger partial charge in [0.25, 0.3) is 0 Å². The van der Waals surface area contributed by atoms with E-state index in [-0.39, 0.29) is 6.04 Å². The monoisotopic (exact) mass is 424 g/mol. The van der Waals surface area contributed by atoms with Crippen LogP contribution in [0.5, 0.6) is 0 Å². The number of hydrogen-bond acceptors (Lipinski definition) is 3. The Morgan fingerprint density at radius 3 is 2.86 bits per heavy atom. The minimum absolute atomic E-state index is 0.176. The summed E-state index contributed by atoms with van der Waals surface area (Å²) in [5, 5.41) is 6.01. The molecule has 0 saturated heterocycles. The highest BCUT2D eigenvalue weighted by molar-refractivity contribution is 9.13. The molecule has 1 atom stereocenters. The van der Waals surface area contributed by atoms with Gasteiger partial charge in [0.05, 0.1) is 9.83 Å². The minimum Gasteiger partial charge on any atom is -0.306 e. The molecule has 0 radical (unpaired) electrons. The van der Waals surface area contributed by atoms with Crippen LogP contribution < -0.4 is 5.32 Å². The van der Waals surface area contributed by atoms with Crippen molar-refractivity contribution >= 4 is 54.0 Å². The number of rotatable bonds is 4. The molecule has 1 aromatic carbocycles. The fraction of sp³-hybridized carbons (Fsp3) is 0.188. The summed E-state index contributed by atoms with van der Waals surface area (Å²) in [5.41, 5.74) is 1.27. The fourth-order valence-electron chi connectivity index (χ4n) is 2.46. The molecular formula is C16H14Br2N2S. The van der Waals surface area contributed by atoms with Crippen molar-refractivity contribution in [1.29, 1.82) is 0 Å². The van der Waals surface area contributed by atoms with Gasteiger partial charge in [0, 0.05) is 27.1 Å². The van der Waals surface area contributed by atoms with Gasteiger partial charge in [-0.15, -0.1) is 11.3 Å². The molecule has 2 aromatic heterocycles. The topological polar surface area (TPSA) is 24.9 Å². The van der Waals surface area contributed by atoms with Gasteiger partial charge >= 0.3 is 0 Å². The van der Waals surface area contributed by atoms with Crippen molar-refractivity contribution in [2.75, 3.05) is 6.54 Å². The zero-order valence-corrected chi connectivity index (χ0v) is 15.4. The van der Waals surface area contributed by atoms with Crippen molar-refractivity contribution in [2.45, 2.75) is 13.0 Å². The van der Waals surface area contributed by atoms with E-state index in [0.29, 0.717) is 0 Å². The number of halogens is 2. The predicted octanol–water partition coefficient (Wildman–Crippen LogP) is 5.52. The largest absolute Gasteiger partial charge is 0.306 e. The van der Waals surface area contributed by atoms with Crippen molar-refractivity contribution in [1.82, 2.24) is 10.3 Å². The molecule has 0 bridgehead atoms. The molecule has 1 unspecified atom stereocenters. The molecule has 0 amide bonds. The Bertz CT molecular complexity index is 745. The van der Waals surface area contributed by atoms with Gasteiger partial charge in [0.15, 0.2) is 0 Å². The molecule has 0 fully saturated rings. The highest BCUT2D eigenvalue weighted by Gasteiger charge is 2.19. The summed E-state index contributed by atoms with van der Waals surface area (Å²) < 4.78 is 2.22.